The molecule has 1 N–H and O–H groups in total. The molecule has 0 radical (unpaired) electrons. The summed E-state index contributed by atoms with van der Waals surface area (Å²) in [6.45, 7) is 0. The Morgan fingerprint density at radius 2 is 1.20 bits per heavy atom. The molecule has 0 aromatic carbocycles. The first-order chi connectivity index (χ1) is 3.71. The van der Waals surface area contributed by atoms with Crippen molar-refractivity contribution in [3.05, 3.63) is 0 Å². The third-order valence-electron chi connectivity index (χ3n) is 0.199. The Morgan fingerprint density at radius 1 is 1.00 bits per heavy atom. The normalized spacial score (nSPS) is 12.2. The molecule has 0 aromatic heterocycles. The Bertz CT molecular complexity index is 251. The van der Waals surface area contributed by atoms with Gasteiger partial charge in [-0.15, -0.1) is 0 Å². The van der Waals surface area contributed by atoms with Crippen molar-refractivity contribution >= 4 is 20.8 Å². The van der Waals surface area contributed by atoms with Gasteiger partial charge in [-0.3, -0.25) is 0 Å². The van der Waals surface area contributed by atoms with E-state index in [4.69, 9.17) is 0 Å². The fourth-order valence-corrected chi connectivity index (χ4v) is 1.07. The second-order valence-electron chi connectivity index (χ2n) is 0.959. The van der Waals surface area contributed by atoms with Crippen LogP contribution in [0.5, 0.6) is 0 Å². The van der Waals surface area contributed by atoms with Crippen LogP contribution < -0.4 is 33.7 Å². The van der Waals surface area contributed by atoms with E-state index >= 15 is 0 Å². The van der Waals surface area contributed by atoms with Gasteiger partial charge in [-0.1, -0.05) is 11.9 Å². The van der Waals surface area contributed by atoms with Gasteiger partial charge < -0.3 is 1.43 Å². The zero-order valence-corrected chi connectivity index (χ0v) is 8.34. The number of hydrogen-bond acceptors (Lipinski definition) is 4. The van der Waals surface area contributed by atoms with E-state index in [1.807, 2.05) is 0 Å². The first kappa shape index (κ1) is 13.3. The van der Waals surface area contributed by atoms with Gasteiger partial charge in [-0.2, -0.15) is 16.8 Å². The molecule has 0 spiro atoms. The molecule has 5 nitrogen and oxygen atoms in total. The van der Waals surface area contributed by atoms with Gasteiger partial charge in [-0.05, 0) is 0 Å². The molecule has 0 atom stereocenters. The molecule has 10 heteroatoms. The van der Waals surface area contributed by atoms with Gasteiger partial charge in [0.2, 0.25) is 0 Å². The standard InChI is InChI=1S/F2HNO4S2.Na.H/c1-8(4,5)3-9(2,6)7;;/h3H;;/q;+1;-1. The molecule has 0 saturated carbocycles. The van der Waals surface area contributed by atoms with Crippen molar-refractivity contribution in [1.82, 2.24) is 4.13 Å². The van der Waals surface area contributed by atoms with E-state index in [0.29, 0.717) is 0 Å². The van der Waals surface area contributed by atoms with Crippen molar-refractivity contribution in [3.63, 3.8) is 0 Å². The average molecular weight is 205 g/mol. The zero-order chi connectivity index (χ0) is 7.71. The molecular weight excluding hydrogens is 203 g/mol. The van der Waals surface area contributed by atoms with Crippen LogP contribution >= 0.6 is 0 Å². The van der Waals surface area contributed by atoms with E-state index in [0.717, 1.165) is 0 Å². The topological polar surface area (TPSA) is 80.3 Å². The van der Waals surface area contributed by atoms with Crippen LogP contribution in [0.25, 0.3) is 0 Å². The molecule has 0 bridgehead atoms. The molecule has 58 valence electrons. The Hall–Kier alpha value is 0.720. The van der Waals surface area contributed by atoms with E-state index in [1.54, 1.807) is 0 Å². The van der Waals surface area contributed by atoms with Crippen LogP contribution in [0.4, 0.5) is 7.77 Å². The van der Waals surface area contributed by atoms with E-state index < -0.39 is 20.8 Å². The predicted octanol–water partition coefficient (Wildman–Crippen LogP) is -3.88. The summed E-state index contributed by atoms with van der Waals surface area (Å²) in [6, 6.07) is 0. The zero-order valence-electron chi connectivity index (χ0n) is 5.71. The van der Waals surface area contributed by atoms with Gasteiger partial charge in [0.1, 0.15) is 0 Å². The smallest absolute Gasteiger partial charge is 1.00 e. The summed E-state index contributed by atoms with van der Waals surface area (Å²) in [4.78, 5) is 0. The van der Waals surface area contributed by atoms with Crippen LogP contribution in [0.15, 0.2) is 0 Å². The molecule has 0 unspecified atom stereocenters. The third kappa shape index (κ3) is 11.5. The molecule has 0 saturated heterocycles. The van der Waals surface area contributed by atoms with Crippen LogP contribution in [0.1, 0.15) is 1.43 Å². The Morgan fingerprint density at radius 3 is 1.20 bits per heavy atom. The van der Waals surface area contributed by atoms with Gasteiger partial charge in [0.25, 0.3) is 0 Å². The maximum Gasteiger partial charge on any atom is 1.00 e. The maximum atomic E-state index is 11.1. The Labute approximate surface area is 80.3 Å². The average Bonchev–Trinajstić information content (AvgIpc) is 1.14. The Balaban J connectivity index is -0.000000320. The molecule has 0 heterocycles. The van der Waals surface area contributed by atoms with Crippen molar-refractivity contribution < 1.29 is 55.6 Å². The summed E-state index contributed by atoms with van der Waals surface area (Å²) >= 11 is 0. The van der Waals surface area contributed by atoms with Crippen LogP contribution in [0.3, 0.4) is 0 Å². The minimum absolute atomic E-state index is 0. The van der Waals surface area contributed by atoms with Gasteiger partial charge in [-0.25, -0.2) is 0 Å². The van der Waals surface area contributed by atoms with Crippen molar-refractivity contribution in [2.75, 3.05) is 0 Å². The second-order valence-corrected chi connectivity index (χ2v) is 3.38. The molecule has 0 fully saturated rings. The quantitative estimate of drug-likeness (QED) is 0.369. The molecule has 0 aliphatic rings. The fraction of sp³-hybridized carbons (Fsp3) is 0. The molecule has 10 heavy (non-hydrogen) atoms. The molecular formula is H2F2NNaO4S2. The maximum absolute atomic E-state index is 11.1. The van der Waals surface area contributed by atoms with Gasteiger partial charge in [0, 0.05) is 0 Å². The minimum atomic E-state index is -5.49. The van der Waals surface area contributed by atoms with Crippen molar-refractivity contribution in [3.8, 4) is 0 Å². The van der Waals surface area contributed by atoms with Crippen molar-refractivity contribution in [2.45, 2.75) is 0 Å². The summed E-state index contributed by atoms with van der Waals surface area (Å²) in [5.74, 6) is 0. The second kappa shape index (κ2) is 3.93. The SMILES string of the molecule is O=S(=O)(F)NS(=O)(=O)F.[H-].[Na+]. The van der Waals surface area contributed by atoms with Gasteiger partial charge in [0.15, 0.2) is 0 Å². The first-order valence-corrected chi connectivity index (χ1v) is 4.15. The summed E-state index contributed by atoms with van der Waals surface area (Å²) in [5.41, 5.74) is 0. The monoisotopic (exact) mass is 205 g/mol. The molecule has 0 amide bonds. The van der Waals surface area contributed by atoms with E-state index in [-0.39, 0.29) is 35.1 Å². The number of rotatable bonds is 2. The summed E-state index contributed by atoms with van der Waals surface area (Å²) in [6.07, 6.45) is 0. The summed E-state index contributed by atoms with van der Waals surface area (Å²) in [5, 5.41) is 0. The van der Waals surface area contributed by atoms with Gasteiger partial charge in [0.05, 0.1) is 0 Å². The predicted molar refractivity (Wildman–Crippen MR) is 24.3 cm³/mol. The van der Waals surface area contributed by atoms with Crippen LogP contribution in [0, 0.1) is 0 Å². The first-order valence-electron chi connectivity index (χ1n) is 1.38. The third-order valence-corrected chi connectivity index (χ3v) is 1.79. The van der Waals surface area contributed by atoms with E-state index in [9.17, 15) is 24.6 Å². The van der Waals surface area contributed by atoms with Crippen LogP contribution in [-0.4, -0.2) is 16.8 Å². The Kier molecular flexibility index (Phi) is 5.23. The number of hydrogen-bond donors (Lipinski definition) is 1. The number of halogens is 2. The molecule has 0 aliphatic carbocycles. The fourth-order valence-electron chi connectivity index (χ4n) is 0.119. The van der Waals surface area contributed by atoms with E-state index in [1.165, 1.54) is 0 Å². The largest absolute Gasteiger partial charge is 1.00 e. The summed E-state index contributed by atoms with van der Waals surface area (Å²) < 4.78 is 59.3. The van der Waals surface area contributed by atoms with Crippen molar-refractivity contribution in [1.29, 1.82) is 0 Å². The van der Waals surface area contributed by atoms with Gasteiger partial charge >= 0.3 is 50.4 Å². The summed E-state index contributed by atoms with van der Waals surface area (Å²) in [7, 11) is -11.0. The molecule has 0 rings (SSSR count). The number of nitrogens with one attached hydrogen (secondary N) is 1. The van der Waals surface area contributed by atoms with Crippen molar-refractivity contribution in [2.24, 2.45) is 0 Å². The van der Waals surface area contributed by atoms with Crippen LogP contribution in [-0.2, 0) is 20.8 Å². The van der Waals surface area contributed by atoms with Crippen LogP contribution in [0.2, 0.25) is 0 Å². The molecule has 0 aliphatic heterocycles. The van der Waals surface area contributed by atoms with E-state index in [2.05, 4.69) is 0 Å². The molecule has 0 aromatic rings. The minimum Gasteiger partial charge on any atom is -1.00 e.